The smallest absolute Gasteiger partial charge is 0.191 e. The van der Waals surface area contributed by atoms with E-state index in [2.05, 4.69) is 27.2 Å². The molecule has 1 aromatic heterocycles. The summed E-state index contributed by atoms with van der Waals surface area (Å²) in [7, 11) is 1.68. The van der Waals surface area contributed by atoms with Crippen LogP contribution in [-0.4, -0.2) is 29.1 Å². The molecule has 2 aromatic rings. The van der Waals surface area contributed by atoms with E-state index in [1.54, 1.807) is 36.2 Å². The number of nitrogens with one attached hydrogen (secondary N) is 2. The van der Waals surface area contributed by atoms with Gasteiger partial charge in [-0.15, -0.1) is 6.58 Å². The minimum absolute atomic E-state index is 0.283. The van der Waals surface area contributed by atoms with Crippen molar-refractivity contribution in [3.05, 3.63) is 60.5 Å². The van der Waals surface area contributed by atoms with Crippen LogP contribution >= 0.6 is 0 Å². The fourth-order valence-electron chi connectivity index (χ4n) is 2.06. The quantitative estimate of drug-likeness (QED) is 0.505. The molecule has 1 heterocycles. The van der Waals surface area contributed by atoms with E-state index in [1.807, 2.05) is 13.0 Å². The number of aliphatic imine (C=N–C) groups is 1. The summed E-state index contributed by atoms with van der Waals surface area (Å²) in [6.45, 7) is 6.57. The van der Waals surface area contributed by atoms with E-state index in [-0.39, 0.29) is 5.82 Å². The van der Waals surface area contributed by atoms with Crippen molar-refractivity contribution in [3.63, 3.8) is 0 Å². The third-order valence-electron chi connectivity index (χ3n) is 3.19. The molecule has 1 aromatic carbocycles. The summed E-state index contributed by atoms with van der Waals surface area (Å²) in [6, 6.07) is 5.15. The Morgan fingerprint density at radius 3 is 2.86 bits per heavy atom. The molecule has 0 aliphatic heterocycles. The van der Waals surface area contributed by atoms with Gasteiger partial charge in [-0.3, -0.25) is 4.99 Å². The predicted octanol–water partition coefficient (Wildman–Crippen LogP) is 2.17. The van der Waals surface area contributed by atoms with Gasteiger partial charge in [-0.1, -0.05) is 12.1 Å². The van der Waals surface area contributed by atoms with Crippen molar-refractivity contribution in [2.24, 2.45) is 4.99 Å². The number of hydrogen-bond acceptors (Lipinski definition) is 2. The van der Waals surface area contributed by atoms with Crippen molar-refractivity contribution in [1.29, 1.82) is 0 Å². The van der Waals surface area contributed by atoms with Crippen molar-refractivity contribution in [3.8, 4) is 5.69 Å². The zero-order valence-corrected chi connectivity index (χ0v) is 12.8. The minimum atomic E-state index is -0.283. The average molecular weight is 301 g/mol. The number of nitrogens with zero attached hydrogens (tertiary/aromatic N) is 3. The second kappa shape index (κ2) is 7.40. The molecule has 0 fully saturated rings. The first-order valence-corrected chi connectivity index (χ1v) is 7.00. The van der Waals surface area contributed by atoms with Gasteiger partial charge in [0, 0.05) is 32.5 Å². The lowest BCUT2D eigenvalue weighted by Gasteiger charge is -2.12. The average Bonchev–Trinajstić information content (AvgIpc) is 2.93. The Balaban J connectivity index is 2.07. The first-order chi connectivity index (χ1) is 10.7. The maximum Gasteiger partial charge on any atom is 0.191 e. The van der Waals surface area contributed by atoms with Gasteiger partial charge >= 0.3 is 0 Å². The molecule has 0 saturated carbocycles. The van der Waals surface area contributed by atoms with Crippen LogP contribution in [0.15, 0.2) is 48.2 Å². The third kappa shape index (κ3) is 3.72. The lowest BCUT2D eigenvalue weighted by Crippen LogP contribution is -2.36. The molecule has 0 saturated heterocycles. The first kappa shape index (κ1) is 15.8. The summed E-state index contributed by atoms with van der Waals surface area (Å²) in [4.78, 5) is 8.18. The summed E-state index contributed by atoms with van der Waals surface area (Å²) in [5, 5.41) is 6.18. The fraction of sp³-hybridized carbons (Fsp3) is 0.250. The van der Waals surface area contributed by atoms with Crippen molar-refractivity contribution in [2.75, 3.05) is 13.6 Å². The molecule has 0 radical (unpaired) electrons. The Kier molecular flexibility index (Phi) is 5.30. The van der Waals surface area contributed by atoms with Gasteiger partial charge in [0.2, 0.25) is 0 Å². The highest BCUT2D eigenvalue weighted by atomic mass is 19.1. The number of guanidine groups is 1. The van der Waals surface area contributed by atoms with Crippen LogP contribution in [0.1, 0.15) is 11.4 Å². The Morgan fingerprint density at radius 2 is 2.27 bits per heavy atom. The molecular weight excluding hydrogens is 281 g/mol. The van der Waals surface area contributed by atoms with Crippen molar-refractivity contribution in [2.45, 2.75) is 13.5 Å². The van der Waals surface area contributed by atoms with E-state index in [0.29, 0.717) is 24.7 Å². The van der Waals surface area contributed by atoms with Crippen molar-refractivity contribution >= 4 is 5.96 Å². The van der Waals surface area contributed by atoms with Crippen LogP contribution in [0.4, 0.5) is 4.39 Å². The fourth-order valence-corrected chi connectivity index (χ4v) is 2.06. The number of hydrogen-bond donors (Lipinski definition) is 2. The van der Waals surface area contributed by atoms with Gasteiger partial charge < -0.3 is 15.2 Å². The van der Waals surface area contributed by atoms with Gasteiger partial charge in [0.05, 0.1) is 5.69 Å². The SMILES string of the molecule is C=CCNC(=NC)NCc1ccc(-n2ccnc2C)c(F)c1. The molecule has 0 aliphatic rings. The lowest BCUT2D eigenvalue weighted by molar-refractivity contribution is 0.613. The molecule has 116 valence electrons. The number of halogens is 1. The topological polar surface area (TPSA) is 54.2 Å². The van der Waals surface area contributed by atoms with Crippen LogP contribution in [-0.2, 0) is 6.54 Å². The van der Waals surface area contributed by atoms with Crippen LogP contribution < -0.4 is 10.6 Å². The van der Waals surface area contributed by atoms with Gasteiger partial charge in [-0.2, -0.15) is 0 Å². The number of rotatable bonds is 5. The molecule has 0 bridgehead atoms. The second-order valence-electron chi connectivity index (χ2n) is 4.73. The summed E-state index contributed by atoms with van der Waals surface area (Å²) in [6.07, 6.45) is 5.14. The highest BCUT2D eigenvalue weighted by Gasteiger charge is 2.08. The molecule has 0 aliphatic carbocycles. The number of aromatic nitrogens is 2. The van der Waals surface area contributed by atoms with E-state index >= 15 is 0 Å². The normalized spacial score (nSPS) is 11.3. The minimum Gasteiger partial charge on any atom is -0.353 e. The number of imidazole rings is 1. The summed E-state index contributed by atoms with van der Waals surface area (Å²) in [5.41, 5.74) is 1.33. The number of aryl methyl sites for hydroxylation is 1. The van der Waals surface area contributed by atoms with Gasteiger partial charge in [0.15, 0.2) is 5.96 Å². The Bertz CT molecular complexity index is 675. The second-order valence-corrected chi connectivity index (χ2v) is 4.73. The van der Waals surface area contributed by atoms with Crippen LogP contribution in [0.3, 0.4) is 0 Å². The van der Waals surface area contributed by atoms with Crippen LogP contribution in [0.2, 0.25) is 0 Å². The van der Waals surface area contributed by atoms with E-state index in [1.165, 1.54) is 6.07 Å². The standard InChI is InChI=1S/C16H20FN5/c1-4-7-20-16(18-3)21-11-13-5-6-15(14(17)10-13)22-9-8-19-12(22)2/h4-6,8-10H,1,7,11H2,2-3H3,(H2,18,20,21). The molecule has 0 atom stereocenters. The van der Waals surface area contributed by atoms with E-state index in [0.717, 1.165) is 11.4 Å². The molecule has 22 heavy (non-hydrogen) atoms. The van der Waals surface area contributed by atoms with Gasteiger partial charge in [0.1, 0.15) is 11.6 Å². The maximum absolute atomic E-state index is 14.3. The van der Waals surface area contributed by atoms with Gasteiger partial charge in [-0.05, 0) is 24.6 Å². The first-order valence-electron chi connectivity index (χ1n) is 7.00. The molecule has 2 N–H and O–H groups in total. The maximum atomic E-state index is 14.3. The Morgan fingerprint density at radius 1 is 1.45 bits per heavy atom. The van der Waals surface area contributed by atoms with E-state index in [9.17, 15) is 4.39 Å². The van der Waals surface area contributed by atoms with E-state index < -0.39 is 0 Å². The zero-order chi connectivity index (χ0) is 15.9. The van der Waals surface area contributed by atoms with Crippen molar-refractivity contribution < 1.29 is 4.39 Å². The van der Waals surface area contributed by atoms with Crippen LogP contribution in [0, 0.1) is 12.7 Å². The Hall–Kier alpha value is -2.63. The zero-order valence-electron chi connectivity index (χ0n) is 12.8. The summed E-state index contributed by atoms with van der Waals surface area (Å²) < 4.78 is 16.0. The van der Waals surface area contributed by atoms with Crippen LogP contribution in [0.25, 0.3) is 5.69 Å². The molecule has 0 unspecified atom stereocenters. The Labute approximate surface area is 129 Å². The van der Waals surface area contributed by atoms with Crippen molar-refractivity contribution in [1.82, 2.24) is 20.2 Å². The van der Waals surface area contributed by atoms with Crippen LogP contribution in [0.5, 0.6) is 0 Å². The molecule has 5 nitrogen and oxygen atoms in total. The highest BCUT2D eigenvalue weighted by molar-refractivity contribution is 5.79. The predicted molar refractivity (Wildman–Crippen MR) is 86.7 cm³/mol. The van der Waals surface area contributed by atoms with Gasteiger partial charge in [-0.25, -0.2) is 9.37 Å². The number of benzene rings is 1. The molecular formula is C16H20FN5. The molecule has 2 rings (SSSR count). The molecule has 0 amide bonds. The van der Waals surface area contributed by atoms with E-state index in [4.69, 9.17) is 0 Å². The van der Waals surface area contributed by atoms with Gasteiger partial charge in [0.25, 0.3) is 0 Å². The third-order valence-corrected chi connectivity index (χ3v) is 3.19. The molecule has 6 heteroatoms. The largest absolute Gasteiger partial charge is 0.353 e. The monoisotopic (exact) mass is 301 g/mol. The molecule has 0 spiro atoms. The highest BCUT2D eigenvalue weighted by Crippen LogP contribution is 2.16. The lowest BCUT2D eigenvalue weighted by atomic mass is 10.2. The summed E-state index contributed by atoms with van der Waals surface area (Å²) in [5.74, 6) is 1.11. The summed E-state index contributed by atoms with van der Waals surface area (Å²) >= 11 is 0.